The average molecular weight is 328 g/mol. The third-order valence-electron chi connectivity index (χ3n) is 4.74. The largest absolute Gasteiger partial charge is 0.356 e. The molecule has 1 aromatic rings. The van der Waals surface area contributed by atoms with Gasteiger partial charge >= 0.3 is 0 Å². The summed E-state index contributed by atoms with van der Waals surface area (Å²) < 4.78 is 0. The summed E-state index contributed by atoms with van der Waals surface area (Å²) in [6.45, 7) is 4.72. The van der Waals surface area contributed by atoms with Gasteiger partial charge in [0.15, 0.2) is 5.96 Å². The van der Waals surface area contributed by atoms with Gasteiger partial charge in [-0.25, -0.2) is 9.97 Å². The van der Waals surface area contributed by atoms with Crippen LogP contribution < -0.4 is 10.2 Å². The minimum Gasteiger partial charge on any atom is -0.356 e. The fourth-order valence-corrected chi connectivity index (χ4v) is 3.37. The molecule has 0 atom stereocenters. The summed E-state index contributed by atoms with van der Waals surface area (Å²) in [4.78, 5) is 17.7. The molecule has 130 valence electrons. The predicted octanol–water partition coefficient (Wildman–Crippen LogP) is 2.06. The van der Waals surface area contributed by atoms with Gasteiger partial charge < -0.3 is 15.1 Å². The predicted molar refractivity (Wildman–Crippen MR) is 98.3 cm³/mol. The van der Waals surface area contributed by atoms with Crippen molar-refractivity contribution in [1.29, 1.82) is 0 Å². The van der Waals surface area contributed by atoms with E-state index in [1.807, 2.05) is 13.1 Å². The first-order chi connectivity index (χ1) is 11.9. The van der Waals surface area contributed by atoms with Gasteiger partial charge in [-0.05, 0) is 38.2 Å². The smallest absolute Gasteiger partial charge is 0.225 e. The Bertz CT molecular complexity index is 560. The summed E-state index contributed by atoms with van der Waals surface area (Å²) in [5.41, 5.74) is 1.61. The average Bonchev–Trinajstić information content (AvgIpc) is 2.67. The SMILES string of the molecule is CN=C(NCCC1=CCCCC1)N1CCN(c2ncccn2)CC1. The number of hydrogen-bond donors (Lipinski definition) is 1. The Morgan fingerprint density at radius 3 is 2.62 bits per heavy atom. The molecule has 1 aliphatic heterocycles. The number of piperazine rings is 1. The molecule has 1 N–H and O–H groups in total. The van der Waals surface area contributed by atoms with Crippen molar-refractivity contribution in [3.8, 4) is 0 Å². The summed E-state index contributed by atoms with van der Waals surface area (Å²) in [5.74, 6) is 1.84. The van der Waals surface area contributed by atoms with E-state index < -0.39 is 0 Å². The van der Waals surface area contributed by atoms with Gasteiger partial charge in [-0.3, -0.25) is 4.99 Å². The Morgan fingerprint density at radius 2 is 1.96 bits per heavy atom. The number of anilines is 1. The van der Waals surface area contributed by atoms with Crippen molar-refractivity contribution < 1.29 is 0 Å². The van der Waals surface area contributed by atoms with E-state index in [0.717, 1.165) is 51.1 Å². The number of nitrogens with zero attached hydrogens (tertiary/aromatic N) is 5. The van der Waals surface area contributed by atoms with Crippen LogP contribution in [0.4, 0.5) is 5.95 Å². The van der Waals surface area contributed by atoms with Gasteiger partial charge in [0, 0.05) is 52.2 Å². The zero-order chi connectivity index (χ0) is 16.6. The Balaban J connectivity index is 1.44. The summed E-state index contributed by atoms with van der Waals surface area (Å²) >= 11 is 0. The Morgan fingerprint density at radius 1 is 1.17 bits per heavy atom. The molecule has 0 spiro atoms. The van der Waals surface area contributed by atoms with E-state index in [2.05, 4.69) is 36.2 Å². The van der Waals surface area contributed by atoms with Gasteiger partial charge in [0.05, 0.1) is 0 Å². The molecule has 0 aromatic carbocycles. The highest BCUT2D eigenvalue weighted by atomic mass is 15.4. The molecular weight excluding hydrogens is 300 g/mol. The molecule has 1 saturated heterocycles. The number of nitrogens with one attached hydrogen (secondary N) is 1. The second-order valence-electron chi connectivity index (χ2n) is 6.36. The van der Waals surface area contributed by atoms with Gasteiger partial charge in [-0.1, -0.05) is 11.6 Å². The van der Waals surface area contributed by atoms with E-state index in [9.17, 15) is 0 Å². The highest BCUT2D eigenvalue weighted by Crippen LogP contribution is 2.19. The van der Waals surface area contributed by atoms with Gasteiger partial charge in [-0.15, -0.1) is 0 Å². The zero-order valence-electron chi connectivity index (χ0n) is 14.6. The fourth-order valence-electron chi connectivity index (χ4n) is 3.37. The summed E-state index contributed by atoms with van der Waals surface area (Å²) in [6, 6.07) is 1.85. The lowest BCUT2D eigenvalue weighted by Crippen LogP contribution is -2.53. The molecule has 6 heteroatoms. The van der Waals surface area contributed by atoms with E-state index in [1.165, 1.54) is 25.7 Å². The Hall–Kier alpha value is -2.11. The quantitative estimate of drug-likeness (QED) is 0.521. The van der Waals surface area contributed by atoms with Crippen LogP contribution in [0.3, 0.4) is 0 Å². The summed E-state index contributed by atoms with van der Waals surface area (Å²) in [5, 5.41) is 3.53. The van der Waals surface area contributed by atoms with Crippen LogP contribution in [0, 0.1) is 0 Å². The molecule has 6 nitrogen and oxygen atoms in total. The van der Waals surface area contributed by atoms with Gasteiger partial charge in [-0.2, -0.15) is 0 Å². The van der Waals surface area contributed by atoms with Crippen LogP contribution in [-0.4, -0.2) is 60.6 Å². The molecule has 1 aliphatic carbocycles. The van der Waals surface area contributed by atoms with Crippen LogP contribution in [-0.2, 0) is 0 Å². The molecule has 2 aliphatic rings. The van der Waals surface area contributed by atoms with E-state index in [4.69, 9.17) is 0 Å². The number of guanidine groups is 1. The van der Waals surface area contributed by atoms with Gasteiger partial charge in [0.25, 0.3) is 0 Å². The highest BCUT2D eigenvalue weighted by Gasteiger charge is 2.20. The number of allylic oxidation sites excluding steroid dienone is 1. The molecule has 0 unspecified atom stereocenters. The summed E-state index contributed by atoms with van der Waals surface area (Å²) in [6.07, 6.45) is 12.4. The van der Waals surface area contributed by atoms with Crippen molar-refractivity contribution >= 4 is 11.9 Å². The number of hydrogen-bond acceptors (Lipinski definition) is 4. The van der Waals surface area contributed by atoms with Gasteiger partial charge in [0.2, 0.25) is 5.95 Å². The molecule has 3 rings (SSSR count). The van der Waals surface area contributed by atoms with Crippen LogP contribution in [0.5, 0.6) is 0 Å². The highest BCUT2D eigenvalue weighted by molar-refractivity contribution is 5.80. The molecule has 1 fully saturated rings. The van der Waals surface area contributed by atoms with Gasteiger partial charge in [0.1, 0.15) is 0 Å². The standard InChI is InChI=1S/C18H28N6/c1-19-17(22-11-8-16-6-3-2-4-7-16)23-12-14-24(15-13-23)18-20-9-5-10-21-18/h5-6,9-10H,2-4,7-8,11-15H2,1H3,(H,19,22). The zero-order valence-corrected chi connectivity index (χ0v) is 14.6. The number of aliphatic imine (C=N–C) groups is 1. The van der Waals surface area contributed by atoms with Crippen molar-refractivity contribution in [2.45, 2.75) is 32.1 Å². The normalized spacial score (nSPS) is 19.2. The number of aromatic nitrogens is 2. The van der Waals surface area contributed by atoms with Crippen LogP contribution in [0.2, 0.25) is 0 Å². The molecule has 0 radical (unpaired) electrons. The molecular formula is C18H28N6. The van der Waals surface area contributed by atoms with Crippen LogP contribution in [0.15, 0.2) is 35.1 Å². The molecule has 0 bridgehead atoms. The maximum atomic E-state index is 4.45. The first kappa shape index (κ1) is 16.7. The lowest BCUT2D eigenvalue weighted by Gasteiger charge is -2.36. The van der Waals surface area contributed by atoms with E-state index >= 15 is 0 Å². The second-order valence-corrected chi connectivity index (χ2v) is 6.36. The topological polar surface area (TPSA) is 56.7 Å². The van der Waals surface area contributed by atoms with E-state index in [-0.39, 0.29) is 0 Å². The van der Waals surface area contributed by atoms with Crippen molar-refractivity contribution in [1.82, 2.24) is 20.2 Å². The van der Waals surface area contributed by atoms with E-state index in [0.29, 0.717) is 0 Å². The molecule has 1 aromatic heterocycles. The molecule has 24 heavy (non-hydrogen) atoms. The molecule has 0 saturated carbocycles. The lowest BCUT2D eigenvalue weighted by atomic mass is 9.97. The number of rotatable bonds is 4. The fraction of sp³-hybridized carbons (Fsp3) is 0.611. The van der Waals surface area contributed by atoms with Crippen LogP contribution >= 0.6 is 0 Å². The Kier molecular flexibility index (Phi) is 6.04. The Labute approximate surface area is 144 Å². The first-order valence-electron chi connectivity index (χ1n) is 9.02. The minimum absolute atomic E-state index is 0.823. The third-order valence-corrected chi connectivity index (χ3v) is 4.74. The summed E-state index contributed by atoms with van der Waals surface area (Å²) in [7, 11) is 1.87. The maximum absolute atomic E-state index is 4.45. The van der Waals surface area contributed by atoms with Crippen molar-refractivity contribution in [2.75, 3.05) is 44.7 Å². The molecule has 0 amide bonds. The maximum Gasteiger partial charge on any atom is 0.225 e. The van der Waals surface area contributed by atoms with Crippen LogP contribution in [0.25, 0.3) is 0 Å². The van der Waals surface area contributed by atoms with Crippen LogP contribution in [0.1, 0.15) is 32.1 Å². The lowest BCUT2D eigenvalue weighted by molar-refractivity contribution is 0.370. The second kappa shape index (κ2) is 8.66. The first-order valence-corrected chi connectivity index (χ1v) is 9.02. The monoisotopic (exact) mass is 328 g/mol. The van der Waals surface area contributed by atoms with Crippen molar-refractivity contribution in [3.05, 3.63) is 30.1 Å². The van der Waals surface area contributed by atoms with Crippen molar-refractivity contribution in [3.63, 3.8) is 0 Å². The molecule has 2 heterocycles. The van der Waals surface area contributed by atoms with Crippen molar-refractivity contribution in [2.24, 2.45) is 4.99 Å². The minimum atomic E-state index is 0.823. The third kappa shape index (κ3) is 4.46. The van der Waals surface area contributed by atoms with E-state index in [1.54, 1.807) is 18.0 Å².